The normalized spacial score (nSPS) is 11.9. The summed E-state index contributed by atoms with van der Waals surface area (Å²) in [4.78, 5) is 21.8. The van der Waals surface area contributed by atoms with E-state index in [4.69, 9.17) is 22.4 Å². The molecule has 1 unspecified atom stereocenters. The third kappa shape index (κ3) is 2.64. The second-order valence-corrected chi connectivity index (χ2v) is 3.64. The van der Waals surface area contributed by atoms with Crippen LogP contribution in [0.1, 0.15) is 17.3 Å². The van der Waals surface area contributed by atoms with E-state index in [1.165, 1.54) is 13.0 Å². The van der Waals surface area contributed by atoms with Crippen LogP contribution in [0.15, 0.2) is 18.2 Å². The van der Waals surface area contributed by atoms with E-state index in [9.17, 15) is 9.59 Å². The number of rotatable bonds is 4. The third-order valence-electron chi connectivity index (χ3n) is 2.00. The summed E-state index contributed by atoms with van der Waals surface area (Å²) in [5.74, 6) is -1.74. The number of benzene rings is 1. The summed E-state index contributed by atoms with van der Waals surface area (Å²) in [5, 5.41) is 11.6. The molecule has 86 valence electrons. The number of hydrogen-bond acceptors (Lipinski definition) is 3. The Morgan fingerprint density at radius 1 is 1.50 bits per heavy atom. The van der Waals surface area contributed by atoms with Crippen molar-refractivity contribution in [2.45, 2.75) is 13.0 Å². The lowest BCUT2D eigenvalue weighted by molar-refractivity contribution is -0.137. The first kappa shape index (κ1) is 12.3. The number of carboxylic acids is 1. The van der Waals surface area contributed by atoms with Crippen LogP contribution < -0.4 is 11.1 Å². The third-order valence-corrected chi connectivity index (χ3v) is 2.32. The van der Waals surface area contributed by atoms with E-state index >= 15 is 0 Å². The minimum atomic E-state index is -1.03. The standard InChI is InChI=1S/C10H11ClN2O3/c1-5(10(15)16)13-7-4-2-3-6(11)8(7)9(12)14/h2-5,13H,1H3,(H2,12,14)(H,15,16). The maximum absolute atomic E-state index is 11.1. The van der Waals surface area contributed by atoms with Gasteiger partial charge in [-0.2, -0.15) is 0 Å². The van der Waals surface area contributed by atoms with Crippen LogP contribution in [0.4, 0.5) is 5.69 Å². The first-order chi connectivity index (χ1) is 7.43. The number of hydrogen-bond donors (Lipinski definition) is 3. The van der Waals surface area contributed by atoms with Gasteiger partial charge in [-0.15, -0.1) is 0 Å². The lowest BCUT2D eigenvalue weighted by Gasteiger charge is -2.14. The first-order valence-corrected chi connectivity index (χ1v) is 4.89. The second kappa shape index (κ2) is 4.85. The molecule has 1 amide bonds. The fourth-order valence-corrected chi connectivity index (χ4v) is 1.46. The van der Waals surface area contributed by atoms with Crippen molar-refractivity contribution in [1.29, 1.82) is 0 Å². The van der Waals surface area contributed by atoms with Crippen LogP contribution in [0.5, 0.6) is 0 Å². The van der Waals surface area contributed by atoms with Crippen molar-refractivity contribution in [2.75, 3.05) is 5.32 Å². The Bertz CT molecular complexity index is 434. The summed E-state index contributed by atoms with van der Waals surface area (Å²) in [7, 11) is 0. The molecule has 5 nitrogen and oxygen atoms in total. The predicted molar refractivity (Wildman–Crippen MR) is 60.7 cm³/mol. The predicted octanol–water partition coefficient (Wildman–Crippen LogP) is 1.32. The molecule has 0 aliphatic heterocycles. The molecular weight excluding hydrogens is 232 g/mol. The number of nitrogens with two attached hydrogens (primary N) is 1. The largest absolute Gasteiger partial charge is 0.480 e. The van der Waals surface area contributed by atoms with Crippen molar-refractivity contribution < 1.29 is 14.7 Å². The highest BCUT2D eigenvalue weighted by Crippen LogP contribution is 2.24. The molecular formula is C10H11ClN2O3. The van der Waals surface area contributed by atoms with Crippen LogP contribution in [-0.4, -0.2) is 23.0 Å². The minimum Gasteiger partial charge on any atom is -0.480 e. The van der Waals surface area contributed by atoms with Crippen LogP contribution >= 0.6 is 11.6 Å². The van der Waals surface area contributed by atoms with E-state index in [0.717, 1.165) is 0 Å². The number of nitrogens with one attached hydrogen (secondary N) is 1. The number of aliphatic carboxylic acids is 1. The van der Waals surface area contributed by atoms with Gasteiger partial charge in [0, 0.05) is 5.69 Å². The van der Waals surface area contributed by atoms with Crippen LogP contribution in [-0.2, 0) is 4.79 Å². The Morgan fingerprint density at radius 2 is 2.12 bits per heavy atom. The highest BCUT2D eigenvalue weighted by Gasteiger charge is 2.16. The monoisotopic (exact) mass is 242 g/mol. The maximum atomic E-state index is 11.1. The highest BCUT2D eigenvalue weighted by atomic mass is 35.5. The number of carboxylic acid groups (broad SMARTS) is 1. The van der Waals surface area contributed by atoms with Crippen molar-refractivity contribution >= 4 is 29.2 Å². The number of primary amides is 1. The Morgan fingerprint density at radius 3 is 2.62 bits per heavy atom. The summed E-state index contributed by atoms with van der Waals surface area (Å²) in [5.41, 5.74) is 5.57. The van der Waals surface area contributed by atoms with Gasteiger partial charge in [0.2, 0.25) is 0 Å². The van der Waals surface area contributed by atoms with E-state index in [1.807, 2.05) is 0 Å². The first-order valence-electron chi connectivity index (χ1n) is 4.51. The number of carbonyl (C=O) groups is 2. The van der Waals surface area contributed by atoms with Crippen molar-refractivity contribution in [1.82, 2.24) is 0 Å². The van der Waals surface area contributed by atoms with Crippen molar-refractivity contribution in [2.24, 2.45) is 5.73 Å². The van der Waals surface area contributed by atoms with E-state index < -0.39 is 17.9 Å². The highest BCUT2D eigenvalue weighted by molar-refractivity contribution is 6.34. The molecule has 1 aromatic carbocycles. The van der Waals surface area contributed by atoms with Crippen molar-refractivity contribution in [3.63, 3.8) is 0 Å². The van der Waals surface area contributed by atoms with E-state index in [0.29, 0.717) is 5.69 Å². The lowest BCUT2D eigenvalue weighted by Crippen LogP contribution is -2.27. The molecule has 0 radical (unpaired) electrons. The van der Waals surface area contributed by atoms with Gasteiger partial charge in [0.1, 0.15) is 6.04 Å². The summed E-state index contributed by atoms with van der Waals surface area (Å²) in [6, 6.07) is 3.83. The summed E-state index contributed by atoms with van der Waals surface area (Å²) < 4.78 is 0. The molecule has 1 aromatic rings. The van der Waals surface area contributed by atoms with Gasteiger partial charge in [0.05, 0.1) is 10.6 Å². The van der Waals surface area contributed by atoms with E-state index in [1.54, 1.807) is 12.1 Å². The number of halogens is 1. The van der Waals surface area contributed by atoms with E-state index in [2.05, 4.69) is 5.32 Å². The van der Waals surface area contributed by atoms with Gasteiger partial charge >= 0.3 is 5.97 Å². The average molecular weight is 243 g/mol. The molecule has 1 atom stereocenters. The number of carbonyl (C=O) groups excluding carboxylic acids is 1. The van der Waals surface area contributed by atoms with Gasteiger partial charge in [0.15, 0.2) is 0 Å². The molecule has 0 aliphatic rings. The van der Waals surface area contributed by atoms with Gasteiger partial charge in [-0.25, -0.2) is 0 Å². The zero-order valence-electron chi connectivity index (χ0n) is 8.53. The fraction of sp³-hybridized carbons (Fsp3) is 0.200. The second-order valence-electron chi connectivity index (χ2n) is 3.23. The molecule has 0 heterocycles. The zero-order valence-corrected chi connectivity index (χ0v) is 9.28. The molecule has 0 bridgehead atoms. The molecule has 0 spiro atoms. The summed E-state index contributed by atoms with van der Waals surface area (Å²) in [6.45, 7) is 1.45. The molecule has 0 aromatic heterocycles. The number of amides is 1. The van der Waals surface area contributed by atoms with Crippen molar-refractivity contribution in [3.05, 3.63) is 28.8 Å². The van der Waals surface area contributed by atoms with Crippen LogP contribution in [0.25, 0.3) is 0 Å². The fourth-order valence-electron chi connectivity index (χ4n) is 1.19. The molecule has 0 saturated heterocycles. The minimum absolute atomic E-state index is 0.0947. The molecule has 0 fully saturated rings. The van der Waals surface area contributed by atoms with Gasteiger partial charge in [-0.3, -0.25) is 9.59 Å². The molecule has 0 aliphatic carbocycles. The van der Waals surface area contributed by atoms with Crippen LogP contribution in [0, 0.1) is 0 Å². The van der Waals surface area contributed by atoms with Gasteiger partial charge in [-0.1, -0.05) is 17.7 Å². The lowest BCUT2D eigenvalue weighted by atomic mass is 10.1. The van der Waals surface area contributed by atoms with Gasteiger partial charge < -0.3 is 16.2 Å². The Hall–Kier alpha value is -1.75. The van der Waals surface area contributed by atoms with Gasteiger partial charge in [0.25, 0.3) is 5.91 Å². The van der Waals surface area contributed by atoms with Gasteiger partial charge in [-0.05, 0) is 19.1 Å². The SMILES string of the molecule is CC(Nc1cccc(Cl)c1C(N)=O)C(=O)O. The topological polar surface area (TPSA) is 92.4 Å². The van der Waals surface area contributed by atoms with E-state index in [-0.39, 0.29) is 10.6 Å². The Labute approximate surface area is 97.2 Å². The molecule has 0 saturated carbocycles. The Kier molecular flexibility index (Phi) is 3.73. The van der Waals surface area contributed by atoms with Crippen molar-refractivity contribution in [3.8, 4) is 0 Å². The van der Waals surface area contributed by atoms with Crippen LogP contribution in [0.2, 0.25) is 5.02 Å². The zero-order chi connectivity index (χ0) is 12.3. The molecule has 1 rings (SSSR count). The van der Waals surface area contributed by atoms with Crippen LogP contribution in [0.3, 0.4) is 0 Å². The molecule has 4 N–H and O–H groups in total. The maximum Gasteiger partial charge on any atom is 0.325 e. The Balaban J connectivity index is 3.09. The molecule has 6 heteroatoms. The summed E-state index contributed by atoms with van der Waals surface area (Å²) >= 11 is 5.80. The average Bonchev–Trinajstić information content (AvgIpc) is 2.16. The quantitative estimate of drug-likeness (QED) is 0.743. The molecule has 16 heavy (non-hydrogen) atoms. The smallest absolute Gasteiger partial charge is 0.325 e. The summed E-state index contributed by atoms with van der Waals surface area (Å²) in [6.07, 6.45) is 0. The number of anilines is 1.